The van der Waals surface area contributed by atoms with E-state index in [2.05, 4.69) is 15.9 Å². The van der Waals surface area contributed by atoms with Crippen molar-refractivity contribution < 1.29 is 22.5 Å². The number of benzene rings is 1. The molecule has 0 saturated carbocycles. The maximum atomic E-state index is 13.6. The molecule has 0 radical (unpaired) electrons. The van der Waals surface area contributed by atoms with Gasteiger partial charge < -0.3 is 4.90 Å². The van der Waals surface area contributed by atoms with Crippen LogP contribution in [0.3, 0.4) is 0 Å². The van der Waals surface area contributed by atoms with Crippen molar-refractivity contribution >= 4 is 52.9 Å². The van der Waals surface area contributed by atoms with Crippen molar-refractivity contribution in [2.45, 2.75) is 6.42 Å². The fourth-order valence-corrected chi connectivity index (χ4v) is 3.95. The lowest BCUT2D eigenvalue weighted by Gasteiger charge is -2.17. The summed E-state index contributed by atoms with van der Waals surface area (Å²) in [5, 5.41) is 11.1. The molecule has 11 heteroatoms. The first-order valence-corrected chi connectivity index (χ1v) is 9.22. The van der Waals surface area contributed by atoms with Crippen LogP contribution in [0.15, 0.2) is 16.6 Å². The number of hydrogen-bond acceptors (Lipinski definition) is 5. The van der Waals surface area contributed by atoms with Gasteiger partial charge in [-0.2, -0.15) is 0 Å². The highest BCUT2D eigenvalue weighted by Gasteiger charge is 2.36. The highest BCUT2D eigenvalue weighted by Crippen LogP contribution is 2.36. The molecule has 1 heterocycles. The summed E-state index contributed by atoms with van der Waals surface area (Å²) in [4.78, 5) is 23.3. The summed E-state index contributed by atoms with van der Waals surface area (Å²) in [5.74, 6) is -2.30. The molecule has 2 rings (SSSR count). The van der Waals surface area contributed by atoms with Gasteiger partial charge in [0.15, 0.2) is 0 Å². The summed E-state index contributed by atoms with van der Waals surface area (Å²) in [6, 6.07) is 1.83. The molecule has 0 aromatic heterocycles. The summed E-state index contributed by atoms with van der Waals surface area (Å²) in [6.45, 7) is -0.0767. The van der Waals surface area contributed by atoms with E-state index in [-0.39, 0.29) is 23.1 Å². The van der Waals surface area contributed by atoms with Crippen LogP contribution in [0.5, 0.6) is 0 Å². The van der Waals surface area contributed by atoms with Crippen molar-refractivity contribution in [3.05, 3.63) is 32.5 Å². The van der Waals surface area contributed by atoms with Crippen molar-refractivity contribution in [1.29, 1.82) is 0 Å². The third-order valence-corrected chi connectivity index (χ3v) is 5.00. The second-order valence-electron chi connectivity index (χ2n) is 4.79. The predicted octanol–water partition coefficient (Wildman–Crippen LogP) is 2.42. The maximum absolute atomic E-state index is 13.6. The third-order valence-electron chi connectivity index (χ3n) is 3.14. The van der Waals surface area contributed by atoms with Gasteiger partial charge in [-0.05, 0) is 15.9 Å². The second-order valence-corrected chi connectivity index (χ2v) is 8.47. The van der Waals surface area contributed by atoms with Crippen molar-refractivity contribution in [3.8, 4) is 0 Å². The van der Waals surface area contributed by atoms with Gasteiger partial charge in [0.1, 0.15) is 11.5 Å². The summed E-state index contributed by atoms with van der Waals surface area (Å²) in [6.07, 6.45) is -0.124. The predicted molar refractivity (Wildman–Crippen MR) is 80.9 cm³/mol. The maximum Gasteiger partial charge on any atom is 0.294 e. The van der Waals surface area contributed by atoms with E-state index in [0.717, 1.165) is 17.0 Å². The molecule has 1 aromatic rings. The summed E-state index contributed by atoms with van der Waals surface area (Å²) in [7, 11) is 1.35. The van der Waals surface area contributed by atoms with Crippen LogP contribution in [0.2, 0.25) is 0 Å². The number of amides is 1. The van der Waals surface area contributed by atoms with Gasteiger partial charge in [-0.25, -0.2) is 12.8 Å². The summed E-state index contributed by atoms with van der Waals surface area (Å²) < 4.78 is 35.7. The Morgan fingerprint density at radius 3 is 2.68 bits per heavy atom. The van der Waals surface area contributed by atoms with Crippen molar-refractivity contribution in [2.24, 2.45) is 5.92 Å². The number of anilines is 1. The molecular formula is C11H9BrClFN2O5S. The first kappa shape index (κ1) is 17.1. The Morgan fingerprint density at radius 2 is 2.14 bits per heavy atom. The quantitative estimate of drug-likeness (QED) is 0.427. The number of rotatable bonds is 4. The van der Waals surface area contributed by atoms with Crippen LogP contribution in [0.25, 0.3) is 0 Å². The van der Waals surface area contributed by atoms with Crippen LogP contribution >= 0.6 is 26.6 Å². The number of hydrogen-bond donors (Lipinski definition) is 0. The van der Waals surface area contributed by atoms with Gasteiger partial charge in [-0.1, -0.05) is 0 Å². The van der Waals surface area contributed by atoms with Crippen LogP contribution in [0.1, 0.15) is 6.42 Å². The van der Waals surface area contributed by atoms with E-state index in [9.17, 15) is 27.7 Å². The third kappa shape index (κ3) is 3.73. The standard InChI is InChI=1S/C11H9BrClFN2O5S/c12-7-2-10(16(18)19)9(3-8(7)14)15-4-6(1-11(15)17)5-22(13,20)21/h2-3,6H,1,4-5H2. The molecule has 1 unspecified atom stereocenters. The molecule has 1 amide bonds. The van der Waals surface area contributed by atoms with Gasteiger partial charge in [0.25, 0.3) is 5.69 Å². The van der Waals surface area contributed by atoms with E-state index in [4.69, 9.17) is 10.7 Å². The molecule has 0 aliphatic carbocycles. The molecule has 22 heavy (non-hydrogen) atoms. The molecule has 1 aromatic carbocycles. The van der Waals surface area contributed by atoms with Gasteiger partial charge in [0, 0.05) is 41.7 Å². The molecule has 1 atom stereocenters. The Labute approximate surface area is 137 Å². The molecule has 0 N–H and O–H groups in total. The van der Waals surface area contributed by atoms with Crippen LogP contribution in [-0.2, 0) is 13.8 Å². The Morgan fingerprint density at radius 1 is 1.50 bits per heavy atom. The molecule has 0 spiro atoms. The number of nitrogens with zero attached hydrogens (tertiary/aromatic N) is 2. The minimum Gasteiger partial charge on any atom is -0.306 e. The average molecular weight is 416 g/mol. The fraction of sp³-hybridized carbons (Fsp3) is 0.364. The van der Waals surface area contributed by atoms with Crippen molar-refractivity contribution in [2.75, 3.05) is 17.2 Å². The van der Waals surface area contributed by atoms with Crippen LogP contribution < -0.4 is 4.90 Å². The number of carbonyl (C=O) groups is 1. The normalized spacial score (nSPS) is 18.8. The Hall–Kier alpha value is -1.26. The molecular weight excluding hydrogens is 407 g/mol. The van der Waals surface area contributed by atoms with Crippen molar-refractivity contribution in [1.82, 2.24) is 0 Å². The number of halogens is 3. The lowest BCUT2D eigenvalue weighted by atomic mass is 10.1. The average Bonchev–Trinajstić information content (AvgIpc) is 2.70. The van der Waals surface area contributed by atoms with Crippen molar-refractivity contribution in [3.63, 3.8) is 0 Å². The van der Waals surface area contributed by atoms with Crippen LogP contribution in [0.4, 0.5) is 15.8 Å². The van der Waals surface area contributed by atoms with Gasteiger partial charge in [0.2, 0.25) is 15.0 Å². The van der Waals surface area contributed by atoms with Gasteiger partial charge >= 0.3 is 0 Å². The van der Waals surface area contributed by atoms with Crippen LogP contribution in [-0.4, -0.2) is 31.5 Å². The first-order chi connectivity index (χ1) is 10.1. The minimum atomic E-state index is -3.80. The molecule has 1 fully saturated rings. The highest BCUT2D eigenvalue weighted by molar-refractivity contribution is 9.10. The van der Waals surface area contributed by atoms with E-state index in [1.165, 1.54) is 0 Å². The van der Waals surface area contributed by atoms with Gasteiger partial charge in [-0.3, -0.25) is 14.9 Å². The lowest BCUT2D eigenvalue weighted by Crippen LogP contribution is -2.26. The Balaban J connectivity index is 2.38. The second kappa shape index (κ2) is 6.09. The van der Waals surface area contributed by atoms with Gasteiger partial charge in [-0.15, -0.1) is 0 Å². The number of carbonyl (C=O) groups excluding carboxylic acids is 1. The summed E-state index contributed by atoms with van der Waals surface area (Å²) in [5.41, 5.74) is -0.652. The number of nitro benzene ring substituents is 1. The zero-order chi connectivity index (χ0) is 16.7. The smallest absolute Gasteiger partial charge is 0.294 e. The first-order valence-electron chi connectivity index (χ1n) is 5.94. The minimum absolute atomic E-state index is 0.0767. The lowest BCUT2D eigenvalue weighted by molar-refractivity contribution is -0.384. The molecule has 1 saturated heterocycles. The SMILES string of the molecule is O=C1CC(CS(=O)(=O)Cl)CN1c1cc(F)c(Br)cc1[N+](=O)[O-]. The van der Waals surface area contributed by atoms with E-state index in [1.807, 2.05) is 0 Å². The molecule has 1 aliphatic heterocycles. The van der Waals surface area contributed by atoms with E-state index >= 15 is 0 Å². The number of nitro groups is 1. The van der Waals surface area contributed by atoms with Gasteiger partial charge in [0.05, 0.1) is 15.1 Å². The molecule has 120 valence electrons. The monoisotopic (exact) mass is 414 g/mol. The van der Waals surface area contributed by atoms with Crippen LogP contribution in [0, 0.1) is 21.8 Å². The summed E-state index contributed by atoms with van der Waals surface area (Å²) >= 11 is 2.84. The Bertz CT molecular complexity index is 757. The van der Waals surface area contributed by atoms with E-state index in [1.54, 1.807) is 0 Å². The zero-order valence-corrected chi connectivity index (χ0v) is 14.0. The fourth-order valence-electron chi connectivity index (χ4n) is 2.30. The van der Waals surface area contributed by atoms with E-state index < -0.39 is 43.1 Å². The topological polar surface area (TPSA) is 97.6 Å². The largest absolute Gasteiger partial charge is 0.306 e. The Kier molecular flexibility index (Phi) is 4.73. The zero-order valence-electron chi connectivity index (χ0n) is 10.8. The molecule has 7 nitrogen and oxygen atoms in total. The molecule has 1 aliphatic rings. The highest BCUT2D eigenvalue weighted by atomic mass is 79.9. The molecule has 0 bridgehead atoms. The van der Waals surface area contributed by atoms with E-state index in [0.29, 0.717) is 0 Å².